The predicted octanol–water partition coefficient (Wildman–Crippen LogP) is 3.04. The molecule has 1 aromatic rings. The van der Waals surface area contributed by atoms with Crippen LogP contribution in [0.15, 0.2) is 24.3 Å². The highest BCUT2D eigenvalue weighted by Crippen LogP contribution is 2.19. The molecular formula is C16H24FNO. The van der Waals surface area contributed by atoms with Gasteiger partial charge >= 0.3 is 0 Å². The van der Waals surface area contributed by atoms with E-state index in [9.17, 15) is 9.50 Å². The first-order valence-electron chi connectivity index (χ1n) is 7.32. The number of benzene rings is 1. The Balaban J connectivity index is 1.71. The topological polar surface area (TPSA) is 32.3 Å². The van der Waals surface area contributed by atoms with Crippen LogP contribution in [0.5, 0.6) is 0 Å². The number of hydrogen-bond acceptors (Lipinski definition) is 2. The lowest BCUT2D eigenvalue weighted by atomic mass is 9.92. The maximum Gasteiger partial charge on any atom is 0.123 e. The number of hydrogen-bond donors (Lipinski definition) is 2. The molecule has 0 saturated heterocycles. The van der Waals surface area contributed by atoms with Crippen LogP contribution in [0.1, 0.15) is 44.6 Å². The van der Waals surface area contributed by atoms with E-state index in [0.29, 0.717) is 12.1 Å². The van der Waals surface area contributed by atoms with Crippen molar-refractivity contribution >= 4 is 0 Å². The van der Waals surface area contributed by atoms with Gasteiger partial charge in [0.15, 0.2) is 0 Å². The molecular weight excluding hydrogens is 241 g/mol. The van der Waals surface area contributed by atoms with Gasteiger partial charge in [0.1, 0.15) is 5.82 Å². The average molecular weight is 265 g/mol. The molecule has 1 saturated carbocycles. The van der Waals surface area contributed by atoms with Crippen molar-refractivity contribution in [2.45, 2.75) is 63.6 Å². The molecule has 1 unspecified atom stereocenters. The Morgan fingerprint density at radius 1 is 1.32 bits per heavy atom. The SMILES string of the molecule is CC(CCc1cccc(F)c1)NC1CCC(O)CC1. The van der Waals surface area contributed by atoms with E-state index in [4.69, 9.17) is 0 Å². The lowest BCUT2D eigenvalue weighted by Crippen LogP contribution is -2.40. The summed E-state index contributed by atoms with van der Waals surface area (Å²) >= 11 is 0. The third-order valence-corrected chi connectivity index (χ3v) is 3.97. The van der Waals surface area contributed by atoms with Gasteiger partial charge in [-0.15, -0.1) is 0 Å². The largest absolute Gasteiger partial charge is 0.393 e. The summed E-state index contributed by atoms with van der Waals surface area (Å²) in [6.07, 6.45) is 5.77. The molecule has 0 aromatic heterocycles. The molecule has 106 valence electrons. The smallest absolute Gasteiger partial charge is 0.123 e. The van der Waals surface area contributed by atoms with Crippen LogP contribution in [0.3, 0.4) is 0 Å². The molecule has 1 aliphatic carbocycles. The van der Waals surface area contributed by atoms with E-state index in [1.807, 2.05) is 6.07 Å². The van der Waals surface area contributed by atoms with Crippen LogP contribution in [0.4, 0.5) is 4.39 Å². The Kier molecular flexibility index (Phi) is 5.34. The lowest BCUT2D eigenvalue weighted by molar-refractivity contribution is 0.114. The van der Waals surface area contributed by atoms with Gasteiger partial charge in [0.2, 0.25) is 0 Å². The van der Waals surface area contributed by atoms with Gasteiger partial charge in [-0.1, -0.05) is 12.1 Å². The normalized spacial score (nSPS) is 25.2. The summed E-state index contributed by atoms with van der Waals surface area (Å²) in [7, 11) is 0. The van der Waals surface area contributed by atoms with E-state index in [1.165, 1.54) is 6.07 Å². The van der Waals surface area contributed by atoms with Gasteiger partial charge in [0.05, 0.1) is 6.10 Å². The van der Waals surface area contributed by atoms with Crippen molar-refractivity contribution in [2.24, 2.45) is 0 Å². The van der Waals surface area contributed by atoms with E-state index in [-0.39, 0.29) is 11.9 Å². The van der Waals surface area contributed by atoms with Crippen LogP contribution in [0.25, 0.3) is 0 Å². The molecule has 0 amide bonds. The third kappa shape index (κ3) is 4.92. The quantitative estimate of drug-likeness (QED) is 0.857. The first kappa shape index (κ1) is 14.5. The maximum absolute atomic E-state index is 13.1. The van der Waals surface area contributed by atoms with Gasteiger partial charge in [0.25, 0.3) is 0 Å². The van der Waals surface area contributed by atoms with Crippen LogP contribution >= 0.6 is 0 Å². The minimum Gasteiger partial charge on any atom is -0.393 e. The van der Waals surface area contributed by atoms with Crippen LogP contribution in [-0.2, 0) is 6.42 Å². The molecule has 1 atom stereocenters. The molecule has 1 aromatic carbocycles. The number of halogens is 1. The van der Waals surface area contributed by atoms with Gasteiger partial charge in [0, 0.05) is 12.1 Å². The van der Waals surface area contributed by atoms with Crippen LogP contribution in [0.2, 0.25) is 0 Å². The van der Waals surface area contributed by atoms with Crippen molar-refractivity contribution in [3.05, 3.63) is 35.6 Å². The zero-order valence-corrected chi connectivity index (χ0v) is 11.6. The number of aryl methyl sites for hydroxylation is 1. The Labute approximate surface area is 115 Å². The van der Waals surface area contributed by atoms with Gasteiger partial charge in [-0.3, -0.25) is 0 Å². The van der Waals surface area contributed by atoms with Crippen LogP contribution in [-0.4, -0.2) is 23.3 Å². The van der Waals surface area contributed by atoms with Crippen molar-refractivity contribution in [3.63, 3.8) is 0 Å². The minimum atomic E-state index is -0.153. The Hall–Kier alpha value is -0.930. The summed E-state index contributed by atoms with van der Waals surface area (Å²) in [5, 5.41) is 13.1. The zero-order valence-electron chi connectivity index (χ0n) is 11.6. The summed E-state index contributed by atoms with van der Waals surface area (Å²) in [6.45, 7) is 2.18. The van der Waals surface area contributed by atoms with Crippen molar-refractivity contribution in [1.82, 2.24) is 5.32 Å². The van der Waals surface area contributed by atoms with E-state index in [1.54, 1.807) is 12.1 Å². The fourth-order valence-corrected chi connectivity index (χ4v) is 2.80. The van der Waals surface area contributed by atoms with Crippen molar-refractivity contribution in [2.75, 3.05) is 0 Å². The predicted molar refractivity (Wildman–Crippen MR) is 75.6 cm³/mol. The summed E-state index contributed by atoms with van der Waals surface area (Å²) in [6, 6.07) is 7.81. The second-order valence-electron chi connectivity index (χ2n) is 5.74. The molecule has 2 rings (SSSR count). The van der Waals surface area contributed by atoms with E-state index < -0.39 is 0 Å². The van der Waals surface area contributed by atoms with E-state index in [2.05, 4.69) is 12.2 Å². The van der Waals surface area contributed by atoms with E-state index >= 15 is 0 Å². The molecule has 19 heavy (non-hydrogen) atoms. The summed E-state index contributed by atoms with van der Waals surface area (Å²) in [4.78, 5) is 0. The highest BCUT2D eigenvalue weighted by atomic mass is 19.1. The second-order valence-corrected chi connectivity index (χ2v) is 5.74. The summed E-state index contributed by atoms with van der Waals surface area (Å²) in [5.74, 6) is -0.153. The molecule has 2 nitrogen and oxygen atoms in total. The number of nitrogens with one attached hydrogen (secondary N) is 1. The monoisotopic (exact) mass is 265 g/mol. The molecule has 2 N–H and O–H groups in total. The zero-order chi connectivity index (χ0) is 13.7. The molecule has 0 bridgehead atoms. The molecule has 0 spiro atoms. The van der Waals surface area contributed by atoms with Gasteiger partial charge in [-0.25, -0.2) is 4.39 Å². The maximum atomic E-state index is 13.1. The van der Waals surface area contributed by atoms with Crippen LogP contribution in [0, 0.1) is 5.82 Å². The Bertz CT molecular complexity index is 388. The van der Waals surface area contributed by atoms with Crippen molar-refractivity contribution < 1.29 is 9.50 Å². The molecule has 3 heteroatoms. The lowest BCUT2D eigenvalue weighted by Gasteiger charge is -2.29. The second kappa shape index (κ2) is 7.01. The Morgan fingerprint density at radius 3 is 2.74 bits per heavy atom. The standard InChI is InChI=1S/C16H24FNO/c1-12(18-15-7-9-16(19)10-8-15)5-6-13-3-2-4-14(17)11-13/h2-4,11-12,15-16,18-19H,5-10H2,1H3. The molecule has 0 aliphatic heterocycles. The molecule has 0 heterocycles. The molecule has 0 radical (unpaired) electrons. The average Bonchev–Trinajstić information content (AvgIpc) is 2.39. The summed E-state index contributed by atoms with van der Waals surface area (Å²) in [5.41, 5.74) is 1.06. The molecule has 1 aliphatic rings. The van der Waals surface area contributed by atoms with Crippen molar-refractivity contribution in [1.29, 1.82) is 0 Å². The van der Waals surface area contributed by atoms with Crippen LogP contribution < -0.4 is 5.32 Å². The van der Waals surface area contributed by atoms with Gasteiger partial charge in [-0.05, 0) is 63.1 Å². The Morgan fingerprint density at radius 2 is 2.05 bits per heavy atom. The van der Waals surface area contributed by atoms with Crippen molar-refractivity contribution in [3.8, 4) is 0 Å². The number of aliphatic hydroxyl groups excluding tert-OH is 1. The number of aliphatic hydroxyl groups is 1. The fourth-order valence-electron chi connectivity index (χ4n) is 2.80. The molecule has 1 fully saturated rings. The first-order chi connectivity index (χ1) is 9.13. The number of rotatable bonds is 5. The first-order valence-corrected chi connectivity index (χ1v) is 7.32. The highest BCUT2D eigenvalue weighted by molar-refractivity contribution is 5.16. The fraction of sp³-hybridized carbons (Fsp3) is 0.625. The third-order valence-electron chi connectivity index (χ3n) is 3.97. The summed E-state index contributed by atoms with van der Waals surface area (Å²) < 4.78 is 13.1. The highest BCUT2D eigenvalue weighted by Gasteiger charge is 2.20. The van der Waals surface area contributed by atoms with Gasteiger partial charge < -0.3 is 10.4 Å². The van der Waals surface area contributed by atoms with Gasteiger partial charge in [-0.2, -0.15) is 0 Å². The van der Waals surface area contributed by atoms with E-state index in [0.717, 1.165) is 44.1 Å². The minimum absolute atomic E-state index is 0.0966.